The second-order valence-electron chi connectivity index (χ2n) is 0.866. The van der Waals surface area contributed by atoms with Gasteiger partial charge in [0.1, 0.15) is 6.61 Å². The van der Waals surface area contributed by atoms with Crippen molar-refractivity contribution in [1.82, 2.24) is 0 Å². The van der Waals surface area contributed by atoms with Crippen LogP contribution in [0.3, 0.4) is 0 Å². The number of hydrogen-bond donors (Lipinski definition) is 1. The number of thiol groups is 1. The van der Waals surface area contributed by atoms with Gasteiger partial charge in [-0.15, -0.1) is 0 Å². The van der Waals surface area contributed by atoms with E-state index >= 15 is 0 Å². The van der Waals surface area contributed by atoms with Crippen molar-refractivity contribution in [2.24, 2.45) is 0 Å². The third kappa shape index (κ3) is 10.6. The summed E-state index contributed by atoms with van der Waals surface area (Å²) in [5, 5.41) is 0. The van der Waals surface area contributed by atoms with E-state index in [1.807, 2.05) is 0 Å². The van der Waals surface area contributed by atoms with Crippen LogP contribution >= 0.6 is 24.8 Å². The van der Waals surface area contributed by atoms with Crippen LogP contribution in [-0.4, -0.2) is 11.0 Å². The maximum Gasteiger partial charge on any atom is 1.00 e. The van der Waals surface area contributed by atoms with Crippen LogP contribution < -0.4 is 51.4 Å². The average molecular weight is 173 g/mol. The monoisotopic (exact) mass is 173 g/mol. The summed E-state index contributed by atoms with van der Waals surface area (Å²) < 4.78 is 4.93. The smallest absolute Gasteiger partial charge is 0.475 e. The van der Waals surface area contributed by atoms with Gasteiger partial charge in [0.05, 0.1) is 0 Å². The molecule has 0 aromatic carbocycles. The van der Waals surface area contributed by atoms with E-state index in [1.54, 1.807) is 6.08 Å². The van der Waals surface area contributed by atoms with Crippen LogP contribution in [0.25, 0.3) is 0 Å². The average Bonchev–Trinajstić information content (AvgIpc) is 1.61. The topological polar surface area (TPSA) is 9.23 Å². The fourth-order valence-electron chi connectivity index (χ4n) is 0.130. The van der Waals surface area contributed by atoms with Gasteiger partial charge in [0.15, 0.2) is 0 Å². The van der Waals surface area contributed by atoms with Gasteiger partial charge in [-0.05, 0) is 12.2 Å². The third-order valence-electron chi connectivity index (χ3n) is 0.325. The summed E-state index contributed by atoms with van der Waals surface area (Å²) in [7, 11) is 0. The zero-order valence-electron chi connectivity index (χ0n) is 4.76. The molecular weight excluding hydrogens is 167 g/mol. The predicted octanol–water partition coefficient (Wildman–Crippen LogP) is -1.59. The van der Waals surface area contributed by atoms with Crippen LogP contribution in [0.5, 0.6) is 0 Å². The molecule has 0 radical (unpaired) electrons. The van der Waals surface area contributed by atoms with E-state index in [9.17, 15) is 0 Å². The molecule has 0 aliphatic rings. The van der Waals surface area contributed by atoms with E-state index in [0.717, 1.165) is 0 Å². The minimum absolute atomic E-state index is 0. The van der Waals surface area contributed by atoms with Crippen LogP contribution in [0.15, 0.2) is 12.7 Å². The van der Waals surface area contributed by atoms with Crippen LogP contribution in [0.2, 0.25) is 0 Å². The standard InChI is InChI=1S/C4H6OS2.K/c1-2-3-5-4(6)7;/h2H,1,3H2,(H,6,7);/q;+1. The second-order valence-corrected chi connectivity index (χ2v) is 1.95. The molecule has 0 aromatic heterocycles. The molecule has 0 fully saturated rings. The minimum Gasteiger partial charge on any atom is -0.475 e. The molecule has 1 nitrogen and oxygen atoms in total. The summed E-state index contributed by atoms with van der Waals surface area (Å²) in [5.41, 5.74) is 0. The summed E-state index contributed by atoms with van der Waals surface area (Å²) in [4.78, 5) is 0. The molecule has 0 aliphatic heterocycles. The van der Waals surface area contributed by atoms with Gasteiger partial charge in [-0.3, -0.25) is 0 Å². The van der Waals surface area contributed by atoms with Gasteiger partial charge in [0.2, 0.25) is 4.38 Å². The summed E-state index contributed by atoms with van der Waals surface area (Å²) in [6, 6.07) is 0. The van der Waals surface area contributed by atoms with Crippen molar-refractivity contribution in [3.63, 3.8) is 0 Å². The summed E-state index contributed by atoms with van der Waals surface area (Å²) in [5.74, 6) is 0. The van der Waals surface area contributed by atoms with Gasteiger partial charge in [-0.2, -0.15) is 0 Å². The summed E-state index contributed by atoms with van der Waals surface area (Å²) in [6.07, 6.45) is 1.61. The van der Waals surface area contributed by atoms with E-state index in [-0.39, 0.29) is 55.8 Å². The fraction of sp³-hybridized carbons (Fsp3) is 0.250. The van der Waals surface area contributed by atoms with E-state index in [4.69, 9.17) is 0 Å². The number of ether oxygens (including phenoxy) is 1. The Labute approximate surface area is 103 Å². The van der Waals surface area contributed by atoms with E-state index < -0.39 is 0 Å². The molecular formula is C4H6KOS2+. The molecule has 4 heteroatoms. The predicted molar refractivity (Wildman–Crippen MR) is 37.7 cm³/mol. The van der Waals surface area contributed by atoms with Crippen LogP contribution in [-0.2, 0) is 4.74 Å². The Morgan fingerprint density at radius 1 is 1.88 bits per heavy atom. The molecule has 0 N–H and O–H groups in total. The Morgan fingerprint density at radius 3 is 2.50 bits per heavy atom. The van der Waals surface area contributed by atoms with Gasteiger partial charge in [0, 0.05) is 0 Å². The third-order valence-corrected chi connectivity index (χ3v) is 0.572. The molecule has 0 aliphatic carbocycles. The number of hydrogen-bond acceptors (Lipinski definition) is 2. The Hall–Kier alpha value is 1.62. The molecule has 0 spiro atoms. The van der Waals surface area contributed by atoms with E-state index in [0.29, 0.717) is 6.61 Å². The van der Waals surface area contributed by atoms with Gasteiger partial charge in [0.25, 0.3) is 0 Å². The Balaban J connectivity index is 0. The zero-order valence-corrected chi connectivity index (χ0v) is 9.59. The SMILES string of the molecule is C=CCOC(=S)S.[K+]. The van der Waals surface area contributed by atoms with Gasteiger partial charge in [-0.1, -0.05) is 25.3 Å². The minimum atomic E-state index is 0. The molecule has 40 valence electrons. The van der Waals surface area contributed by atoms with E-state index in [1.165, 1.54) is 0 Å². The molecule has 0 unspecified atom stereocenters. The van der Waals surface area contributed by atoms with Crippen molar-refractivity contribution >= 4 is 29.2 Å². The van der Waals surface area contributed by atoms with Crippen molar-refractivity contribution in [2.45, 2.75) is 0 Å². The molecule has 0 heterocycles. The molecule has 0 aromatic rings. The molecule has 0 saturated heterocycles. The molecule has 0 amide bonds. The van der Waals surface area contributed by atoms with Crippen molar-refractivity contribution in [3.8, 4) is 0 Å². The molecule has 0 saturated carbocycles. The van der Waals surface area contributed by atoms with Crippen molar-refractivity contribution < 1.29 is 56.1 Å². The van der Waals surface area contributed by atoms with Crippen LogP contribution in [0.4, 0.5) is 0 Å². The Kier molecular flexibility index (Phi) is 13.3. The van der Waals surface area contributed by atoms with E-state index in [2.05, 4.69) is 36.2 Å². The van der Waals surface area contributed by atoms with Crippen LogP contribution in [0, 0.1) is 0 Å². The maximum atomic E-state index is 4.67. The molecule has 8 heavy (non-hydrogen) atoms. The van der Waals surface area contributed by atoms with Gasteiger partial charge >= 0.3 is 51.4 Å². The Bertz CT molecular complexity index is 84.1. The first-order valence-electron chi connectivity index (χ1n) is 1.74. The normalized spacial score (nSPS) is 6.62. The maximum absolute atomic E-state index is 4.67. The second kappa shape index (κ2) is 8.62. The first kappa shape index (κ1) is 12.3. The van der Waals surface area contributed by atoms with Crippen molar-refractivity contribution in [1.29, 1.82) is 0 Å². The van der Waals surface area contributed by atoms with Gasteiger partial charge in [-0.25, -0.2) is 0 Å². The summed E-state index contributed by atoms with van der Waals surface area (Å²) >= 11 is 8.15. The molecule has 0 bridgehead atoms. The molecule has 0 rings (SSSR count). The first-order valence-corrected chi connectivity index (χ1v) is 2.59. The fourth-order valence-corrected chi connectivity index (χ4v) is 0.273. The first-order chi connectivity index (χ1) is 3.27. The van der Waals surface area contributed by atoms with Gasteiger partial charge < -0.3 is 4.74 Å². The Morgan fingerprint density at radius 2 is 2.38 bits per heavy atom. The van der Waals surface area contributed by atoms with Crippen molar-refractivity contribution in [2.75, 3.05) is 6.61 Å². The summed E-state index contributed by atoms with van der Waals surface area (Å²) in [6.45, 7) is 3.86. The number of rotatable bonds is 2. The van der Waals surface area contributed by atoms with Crippen LogP contribution in [0.1, 0.15) is 0 Å². The largest absolute Gasteiger partial charge is 1.00 e. The quantitative estimate of drug-likeness (QED) is 0.233. The zero-order chi connectivity index (χ0) is 5.70. The molecule has 0 atom stereocenters. The van der Waals surface area contributed by atoms with Crippen molar-refractivity contribution in [3.05, 3.63) is 12.7 Å². The number of thiocarbonyl (C=S) groups is 1.